The third kappa shape index (κ3) is 11.7. The van der Waals surface area contributed by atoms with Gasteiger partial charge in [-0.15, -0.1) is 0 Å². The summed E-state index contributed by atoms with van der Waals surface area (Å²) in [7, 11) is -1.89. The molecule has 1 saturated heterocycles. The highest BCUT2D eigenvalue weighted by atomic mass is 32.2. The van der Waals surface area contributed by atoms with Crippen LogP contribution in [0, 0.1) is 5.92 Å². The molecule has 0 saturated carbocycles. The standard InChI is InChI=1S/C30H41NO8S/c1-30(2,3)39-29(32)31(4)26-15-11-23(12-16-26)9-10-24-13-17-27(18-14-24)36-20-25(22-38-40(5,33)34)21-37-28-8-6-7-19-35-28/h9-18,25,28H,6-8,19-22H2,1-5H3/b10-9+. The molecule has 0 aromatic heterocycles. The molecule has 2 aromatic rings. The Balaban J connectivity index is 1.52. The van der Waals surface area contributed by atoms with E-state index in [1.807, 2.05) is 81.5 Å². The van der Waals surface area contributed by atoms with Crippen molar-refractivity contribution in [1.82, 2.24) is 0 Å². The molecule has 1 heterocycles. The number of carbonyl (C=O) groups excluding carboxylic acids is 1. The third-order valence-electron chi connectivity index (χ3n) is 5.96. The van der Waals surface area contributed by atoms with Gasteiger partial charge >= 0.3 is 6.09 Å². The van der Waals surface area contributed by atoms with Gasteiger partial charge in [-0.3, -0.25) is 9.08 Å². The van der Waals surface area contributed by atoms with Gasteiger partial charge in [0.25, 0.3) is 10.1 Å². The monoisotopic (exact) mass is 575 g/mol. The van der Waals surface area contributed by atoms with E-state index in [4.69, 9.17) is 23.1 Å². The minimum absolute atomic E-state index is 0.0290. The predicted octanol–water partition coefficient (Wildman–Crippen LogP) is 5.74. The van der Waals surface area contributed by atoms with Gasteiger partial charge < -0.3 is 18.9 Å². The van der Waals surface area contributed by atoms with Crippen molar-refractivity contribution in [2.24, 2.45) is 5.92 Å². The maximum Gasteiger partial charge on any atom is 0.414 e. The van der Waals surface area contributed by atoms with Crippen LogP contribution in [-0.4, -0.2) is 66.1 Å². The molecule has 9 nitrogen and oxygen atoms in total. The van der Waals surface area contributed by atoms with Crippen molar-refractivity contribution in [3.63, 3.8) is 0 Å². The molecule has 2 aromatic carbocycles. The van der Waals surface area contributed by atoms with Crippen molar-refractivity contribution in [1.29, 1.82) is 0 Å². The Morgan fingerprint density at radius 3 is 2.17 bits per heavy atom. The molecule has 1 aliphatic heterocycles. The predicted molar refractivity (Wildman–Crippen MR) is 156 cm³/mol. The topological polar surface area (TPSA) is 101 Å². The molecule has 2 unspecified atom stereocenters. The molecule has 40 heavy (non-hydrogen) atoms. The number of amides is 1. The van der Waals surface area contributed by atoms with Gasteiger partial charge in [0.15, 0.2) is 6.29 Å². The van der Waals surface area contributed by atoms with E-state index in [1.54, 1.807) is 7.05 Å². The second-order valence-corrected chi connectivity index (χ2v) is 12.5. The van der Waals surface area contributed by atoms with Crippen LogP contribution in [0.15, 0.2) is 48.5 Å². The van der Waals surface area contributed by atoms with Gasteiger partial charge in [-0.25, -0.2) is 4.79 Å². The summed E-state index contributed by atoms with van der Waals surface area (Å²) in [5.41, 5.74) is 2.15. The first kappa shape index (κ1) is 31.6. The summed E-state index contributed by atoms with van der Waals surface area (Å²) in [6, 6.07) is 15.2. The Hall–Kier alpha value is -2.92. The highest BCUT2D eigenvalue weighted by Crippen LogP contribution is 2.20. The van der Waals surface area contributed by atoms with Crippen LogP contribution in [0.5, 0.6) is 5.75 Å². The molecule has 1 aliphatic rings. The Labute approximate surface area is 238 Å². The van der Waals surface area contributed by atoms with Gasteiger partial charge in [0.05, 0.1) is 26.1 Å². The minimum atomic E-state index is -3.57. The van der Waals surface area contributed by atoms with E-state index < -0.39 is 21.8 Å². The Bertz CT molecular complexity index is 1200. The second kappa shape index (κ2) is 14.6. The molecule has 10 heteroatoms. The zero-order chi connectivity index (χ0) is 29.2. The first-order chi connectivity index (χ1) is 18.9. The SMILES string of the molecule is CN(C(=O)OC(C)(C)C)c1ccc(/C=C/c2ccc(OCC(COC3CCCCO3)COS(C)(=O)=O)cc2)cc1. The van der Waals surface area contributed by atoms with Crippen molar-refractivity contribution >= 4 is 34.1 Å². The number of carbonyl (C=O) groups is 1. The van der Waals surface area contributed by atoms with Crippen molar-refractivity contribution in [2.45, 2.75) is 51.9 Å². The molecule has 0 spiro atoms. The fourth-order valence-electron chi connectivity index (χ4n) is 3.78. The van der Waals surface area contributed by atoms with Crippen LogP contribution in [0.25, 0.3) is 12.2 Å². The fourth-order valence-corrected chi connectivity index (χ4v) is 4.22. The van der Waals surface area contributed by atoms with Crippen molar-refractivity contribution in [3.05, 3.63) is 59.7 Å². The normalized spacial score (nSPS) is 17.0. The van der Waals surface area contributed by atoms with Crippen LogP contribution in [-0.2, 0) is 28.5 Å². The van der Waals surface area contributed by atoms with Crippen LogP contribution in [0.3, 0.4) is 0 Å². The van der Waals surface area contributed by atoms with Crippen LogP contribution < -0.4 is 9.64 Å². The number of rotatable bonds is 12. The number of nitrogens with zero attached hydrogens (tertiary/aromatic N) is 1. The van der Waals surface area contributed by atoms with Gasteiger partial charge in [-0.2, -0.15) is 8.42 Å². The number of ether oxygens (including phenoxy) is 4. The Kier molecular flexibility index (Phi) is 11.6. The quantitative estimate of drug-likeness (QED) is 0.233. The molecule has 0 radical (unpaired) electrons. The van der Waals surface area contributed by atoms with E-state index >= 15 is 0 Å². The van der Waals surface area contributed by atoms with Crippen LogP contribution in [0.4, 0.5) is 10.5 Å². The van der Waals surface area contributed by atoms with Gasteiger partial charge in [0.1, 0.15) is 11.4 Å². The summed E-state index contributed by atoms with van der Waals surface area (Å²) >= 11 is 0. The maximum absolute atomic E-state index is 12.3. The number of anilines is 1. The number of hydrogen-bond donors (Lipinski definition) is 0. The summed E-state index contributed by atoms with van der Waals surface area (Å²) in [6.07, 6.45) is 7.20. The molecule has 3 rings (SSSR count). The highest BCUT2D eigenvalue weighted by Gasteiger charge is 2.21. The van der Waals surface area contributed by atoms with E-state index in [-0.39, 0.29) is 32.0 Å². The lowest BCUT2D eigenvalue weighted by Crippen LogP contribution is -2.34. The van der Waals surface area contributed by atoms with Gasteiger partial charge in [0.2, 0.25) is 0 Å². The van der Waals surface area contributed by atoms with Gasteiger partial charge in [-0.05, 0) is 75.4 Å². The van der Waals surface area contributed by atoms with E-state index in [0.29, 0.717) is 12.4 Å². The lowest BCUT2D eigenvalue weighted by Gasteiger charge is -2.25. The summed E-state index contributed by atoms with van der Waals surface area (Å²) in [4.78, 5) is 13.8. The Morgan fingerprint density at radius 2 is 1.62 bits per heavy atom. The Morgan fingerprint density at radius 1 is 1.00 bits per heavy atom. The van der Waals surface area contributed by atoms with Crippen molar-refractivity contribution in [2.75, 3.05) is 44.6 Å². The number of benzene rings is 2. The third-order valence-corrected chi connectivity index (χ3v) is 6.52. The van der Waals surface area contributed by atoms with Crippen molar-refractivity contribution < 1.29 is 36.3 Å². The van der Waals surface area contributed by atoms with Crippen molar-refractivity contribution in [3.8, 4) is 5.75 Å². The van der Waals surface area contributed by atoms with E-state index in [1.165, 1.54) is 4.90 Å². The molecule has 0 aliphatic carbocycles. The molecule has 220 valence electrons. The molecule has 1 amide bonds. The van der Waals surface area contributed by atoms with E-state index in [0.717, 1.165) is 42.3 Å². The molecule has 0 bridgehead atoms. The van der Waals surface area contributed by atoms with Crippen LogP contribution in [0.2, 0.25) is 0 Å². The number of hydrogen-bond acceptors (Lipinski definition) is 8. The zero-order valence-corrected chi connectivity index (χ0v) is 24.8. The average molecular weight is 576 g/mol. The molecular formula is C30H41NO8S. The zero-order valence-electron chi connectivity index (χ0n) is 24.0. The molecule has 1 fully saturated rings. The second-order valence-electron chi connectivity index (χ2n) is 10.8. The summed E-state index contributed by atoms with van der Waals surface area (Å²) < 4.78 is 50.7. The first-order valence-corrected chi connectivity index (χ1v) is 15.2. The lowest BCUT2D eigenvalue weighted by atomic mass is 10.1. The summed E-state index contributed by atoms with van der Waals surface area (Å²) in [5.74, 6) is 0.377. The van der Waals surface area contributed by atoms with E-state index in [2.05, 4.69) is 0 Å². The van der Waals surface area contributed by atoms with E-state index in [9.17, 15) is 13.2 Å². The maximum atomic E-state index is 12.3. The average Bonchev–Trinajstić information content (AvgIpc) is 2.91. The van der Waals surface area contributed by atoms with Crippen LogP contribution >= 0.6 is 0 Å². The smallest absolute Gasteiger partial charge is 0.414 e. The lowest BCUT2D eigenvalue weighted by molar-refractivity contribution is -0.171. The largest absolute Gasteiger partial charge is 0.493 e. The summed E-state index contributed by atoms with van der Waals surface area (Å²) in [5, 5.41) is 0. The van der Waals surface area contributed by atoms with Crippen LogP contribution in [0.1, 0.15) is 51.2 Å². The van der Waals surface area contributed by atoms with Gasteiger partial charge in [0, 0.05) is 25.3 Å². The molecule has 2 atom stereocenters. The summed E-state index contributed by atoms with van der Waals surface area (Å²) in [6.45, 7) is 6.66. The van der Waals surface area contributed by atoms with Gasteiger partial charge in [-0.1, -0.05) is 36.4 Å². The molecular weight excluding hydrogens is 534 g/mol. The first-order valence-electron chi connectivity index (χ1n) is 13.4. The minimum Gasteiger partial charge on any atom is -0.493 e. The fraction of sp³-hybridized carbons (Fsp3) is 0.500. The molecule has 0 N–H and O–H groups in total. The highest BCUT2D eigenvalue weighted by molar-refractivity contribution is 7.85.